The van der Waals surface area contributed by atoms with Gasteiger partial charge < -0.3 is 19.9 Å². The molecule has 3 rings (SSSR count). The van der Waals surface area contributed by atoms with Crippen molar-refractivity contribution in [2.24, 2.45) is 0 Å². The largest absolute Gasteiger partial charge is 0.377 e. The number of rotatable bonds is 2. The van der Waals surface area contributed by atoms with E-state index in [9.17, 15) is 9.18 Å². The first-order valence-corrected chi connectivity index (χ1v) is 8.80. The first kappa shape index (κ1) is 17.0. The van der Waals surface area contributed by atoms with Gasteiger partial charge in [-0.3, -0.25) is 0 Å². The van der Waals surface area contributed by atoms with E-state index in [2.05, 4.69) is 10.2 Å². The van der Waals surface area contributed by atoms with Crippen LogP contribution < -0.4 is 10.2 Å². The van der Waals surface area contributed by atoms with Gasteiger partial charge in [-0.25, -0.2) is 9.18 Å². The van der Waals surface area contributed by atoms with Crippen LogP contribution in [0.3, 0.4) is 0 Å². The molecule has 132 valence electrons. The predicted molar refractivity (Wildman–Crippen MR) is 91.8 cm³/mol. The summed E-state index contributed by atoms with van der Waals surface area (Å²) in [6.07, 6.45) is 2.63. The van der Waals surface area contributed by atoms with E-state index >= 15 is 0 Å². The topological polar surface area (TPSA) is 44.8 Å². The molecule has 2 aliphatic rings. The van der Waals surface area contributed by atoms with Gasteiger partial charge in [0.1, 0.15) is 5.82 Å². The Morgan fingerprint density at radius 3 is 2.75 bits per heavy atom. The molecule has 2 aliphatic heterocycles. The van der Waals surface area contributed by atoms with Gasteiger partial charge >= 0.3 is 6.03 Å². The molecule has 2 fully saturated rings. The van der Waals surface area contributed by atoms with Crippen LogP contribution in [0.2, 0.25) is 0 Å². The minimum Gasteiger partial charge on any atom is -0.377 e. The van der Waals surface area contributed by atoms with Gasteiger partial charge in [0.05, 0.1) is 11.8 Å². The van der Waals surface area contributed by atoms with Gasteiger partial charge in [0.25, 0.3) is 0 Å². The molecule has 0 bridgehead atoms. The van der Waals surface area contributed by atoms with Gasteiger partial charge in [0, 0.05) is 38.8 Å². The lowest BCUT2D eigenvalue weighted by molar-refractivity contribution is 0.0708. The van der Waals surface area contributed by atoms with Gasteiger partial charge in [-0.2, -0.15) is 0 Å². The molecule has 0 aliphatic carbocycles. The molecular formula is C18H26FN3O2. The summed E-state index contributed by atoms with van der Waals surface area (Å²) < 4.78 is 19.5. The maximum absolute atomic E-state index is 13.9. The number of anilines is 1. The quantitative estimate of drug-likeness (QED) is 0.904. The first-order chi connectivity index (χ1) is 11.6. The van der Waals surface area contributed by atoms with E-state index in [0.29, 0.717) is 18.8 Å². The van der Waals surface area contributed by atoms with Crippen molar-refractivity contribution in [3.63, 3.8) is 0 Å². The van der Waals surface area contributed by atoms with Crippen molar-refractivity contribution in [1.29, 1.82) is 0 Å². The van der Waals surface area contributed by atoms with E-state index in [1.807, 2.05) is 24.0 Å². The van der Waals surface area contributed by atoms with Crippen LogP contribution >= 0.6 is 0 Å². The number of nitrogens with one attached hydrogen (secondary N) is 1. The Labute approximate surface area is 142 Å². The first-order valence-electron chi connectivity index (χ1n) is 8.80. The summed E-state index contributed by atoms with van der Waals surface area (Å²) in [4.78, 5) is 16.4. The molecule has 6 heteroatoms. The van der Waals surface area contributed by atoms with Crippen LogP contribution in [0.25, 0.3) is 0 Å². The minimum absolute atomic E-state index is 0.00306. The van der Waals surface area contributed by atoms with E-state index in [-0.39, 0.29) is 24.0 Å². The van der Waals surface area contributed by atoms with Crippen LogP contribution in [0.5, 0.6) is 0 Å². The van der Waals surface area contributed by atoms with E-state index in [0.717, 1.165) is 38.9 Å². The highest BCUT2D eigenvalue weighted by Gasteiger charge is 2.25. The highest BCUT2D eigenvalue weighted by atomic mass is 19.1. The van der Waals surface area contributed by atoms with Crippen LogP contribution in [0, 0.1) is 5.82 Å². The molecule has 0 radical (unpaired) electrons. The molecule has 1 aromatic rings. The maximum Gasteiger partial charge on any atom is 0.317 e. The second-order valence-corrected chi connectivity index (χ2v) is 6.64. The molecule has 1 atom stereocenters. The van der Waals surface area contributed by atoms with Crippen molar-refractivity contribution < 1.29 is 13.9 Å². The minimum atomic E-state index is -0.182. The number of ether oxygens (including phenoxy) is 1. The fourth-order valence-electron chi connectivity index (χ4n) is 3.42. The molecule has 2 amide bonds. The number of nitrogens with zero attached hydrogens (tertiary/aromatic N) is 2. The molecule has 24 heavy (non-hydrogen) atoms. The van der Waals surface area contributed by atoms with E-state index in [1.165, 1.54) is 6.07 Å². The average molecular weight is 335 g/mol. The third-order valence-electron chi connectivity index (χ3n) is 4.76. The molecule has 2 heterocycles. The Kier molecular flexibility index (Phi) is 5.56. The summed E-state index contributed by atoms with van der Waals surface area (Å²) in [6, 6.07) is 7.02. The summed E-state index contributed by atoms with van der Waals surface area (Å²) in [5, 5.41) is 3.13. The van der Waals surface area contributed by atoms with E-state index < -0.39 is 0 Å². The molecule has 0 spiro atoms. The summed E-state index contributed by atoms with van der Waals surface area (Å²) in [6.45, 7) is 5.60. The van der Waals surface area contributed by atoms with Gasteiger partial charge in [-0.05, 0) is 38.3 Å². The number of para-hydroxylation sites is 1. The lowest BCUT2D eigenvalue weighted by Gasteiger charge is -2.35. The molecule has 0 unspecified atom stereocenters. The molecule has 1 aromatic carbocycles. The van der Waals surface area contributed by atoms with Gasteiger partial charge in [0.2, 0.25) is 0 Å². The summed E-state index contributed by atoms with van der Waals surface area (Å²) in [7, 11) is 0. The highest BCUT2D eigenvalue weighted by Crippen LogP contribution is 2.23. The van der Waals surface area contributed by atoms with Crippen molar-refractivity contribution >= 4 is 11.7 Å². The van der Waals surface area contributed by atoms with Crippen LogP contribution in [0.4, 0.5) is 14.9 Å². The Balaban J connectivity index is 1.50. The normalized spacial score (nSPS) is 23.0. The molecule has 0 saturated carbocycles. The number of benzene rings is 1. The van der Waals surface area contributed by atoms with Crippen LogP contribution in [-0.4, -0.2) is 55.9 Å². The average Bonchev–Trinajstić information content (AvgIpc) is 2.81. The Morgan fingerprint density at radius 2 is 2.00 bits per heavy atom. The van der Waals surface area contributed by atoms with Gasteiger partial charge in [0.15, 0.2) is 0 Å². The zero-order valence-electron chi connectivity index (χ0n) is 14.2. The fraction of sp³-hybridized carbons (Fsp3) is 0.611. The monoisotopic (exact) mass is 335 g/mol. The molecule has 2 saturated heterocycles. The second-order valence-electron chi connectivity index (χ2n) is 6.64. The Hall–Kier alpha value is -1.82. The summed E-state index contributed by atoms with van der Waals surface area (Å²) in [5.41, 5.74) is 0.653. The fourth-order valence-corrected chi connectivity index (χ4v) is 3.42. The van der Waals surface area contributed by atoms with Gasteiger partial charge in [-0.1, -0.05) is 12.1 Å². The number of carbonyl (C=O) groups is 1. The van der Waals surface area contributed by atoms with Gasteiger partial charge in [-0.15, -0.1) is 0 Å². The Bertz CT molecular complexity index is 561. The van der Waals surface area contributed by atoms with Crippen molar-refractivity contribution in [3.05, 3.63) is 30.1 Å². The zero-order valence-corrected chi connectivity index (χ0v) is 14.2. The number of hydrogen-bond acceptors (Lipinski definition) is 3. The van der Waals surface area contributed by atoms with Crippen molar-refractivity contribution in [1.82, 2.24) is 10.2 Å². The smallest absolute Gasteiger partial charge is 0.317 e. The second kappa shape index (κ2) is 7.83. The van der Waals surface area contributed by atoms with Crippen LogP contribution in [0.1, 0.15) is 26.2 Å². The number of carbonyl (C=O) groups excluding carboxylic acids is 1. The number of urea groups is 1. The Morgan fingerprint density at radius 1 is 1.25 bits per heavy atom. The third-order valence-corrected chi connectivity index (χ3v) is 4.76. The van der Waals surface area contributed by atoms with Crippen LogP contribution in [0.15, 0.2) is 24.3 Å². The molecular weight excluding hydrogens is 309 g/mol. The summed E-state index contributed by atoms with van der Waals surface area (Å²) in [5.74, 6) is -0.182. The molecule has 0 aromatic heterocycles. The third kappa shape index (κ3) is 4.17. The van der Waals surface area contributed by atoms with E-state index in [1.54, 1.807) is 6.07 Å². The maximum atomic E-state index is 13.9. The van der Waals surface area contributed by atoms with Crippen molar-refractivity contribution in [2.75, 3.05) is 37.7 Å². The summed E-state index contributed by atoms with van der Waals surface area (Å²) >= 11 is 0. The lowest BCUT2D eigenvalue weighted by Crippen LogP contribution is -2.50. The van der Waals surface area contributed by atoms with Crippen LogP contribution in [-0.2, 0) is 4.74 Å². The lowest BCUT2D eigenvalue weighted by atomic mass is 10.0. The molecule has 5 nitrogen and oxygen atoms in total. The number of hydrogen-bond donors (Lipinski definition) is 1. The number of amides is 2. The SMILES string of the molecule is C[C@@H]1CN(C(=O)NC2CCN(c3ccccc3F)CC2)CCCO1. The van der Waals surface area contributed by atoms with Crippen molar-refractivity contribution in [3.8, 4) is 0 Å². The van der Waals surface area contributed by atoms with Crippen molar-refractivity contribution in [2.45, 2.75) is 38.3 Å². The van der Waals surface area contributed by atoms with E-state index in [4.69, 9.17) is 4.74 Å². The molecule has 1 N–H and O–H groups in total. The number of halogens is 1. The zero-order chi connectivity index (χ0) is 16.9. The number of piperidine rings is 1. The standard InChI is InChI=1S/C18H26FN3O2/c1-14-13-22(9-4-12-24-14)18(23)20-15-7-10-21(11-8-15)17-6-3-2-5-16(17)19/h2-3,5-6,14-15H,4,7-13H2,1H3,(H,20,23)/t14-/m1/s1. The highest BCUT2D eigenvalue weighted by molar-refractivity contribution is 5.74. The predicted octanol–water partition coefficient (Wildman–Crippen LogP) is 2.61.